The summed E-state index contributed by atoms with van der Waals surface area (Å²) in [4.78, 5) is 8.90. The van der Waals surface area contributed by atoms with Gasteiger partial charge in [-0.1, -0.05) is 5.64 Å². The molecule has 0 bridgehead atoms. The molecule has 7 nitrogen and oxygen atoms in total. The fourth-order valence-electron chi connectivity index (χ4n) is 0.216. The number of hydrogen-bond acceptors (Lipinski definition) is 7. The molecule has 11 heavy (non-hydrogen) atoms. The minimum Gasteiger partial charge on any atom is -0.394 e. The van der Waals surface area contributed by atoms with Crippen LogP contribution < -0.4 is 11.5 Å². The zero-order valence-corrected chi connectivity index (χ0v) is 6.06. The molecule has 0 rings (SSSR count). The molecule has 0 saturated carbocycles. The van der Waals surface area contributed by atoms with Gasteiger partial charge < -0.3 is 15.4 Å². The molecular weight excluding hydrogens is 156 g/mol. The van der Waals surface area contributed by atoms with E-state index in [2.05, 4.69) is 21.2 Å². The molecule has 0 aliphatic carbocycles. The van der Waals surface area contributed by atoms with Gasteiger partial charge in [0.25, 0.3) is 0 Å². The number of nitrogens with two attached hydrogens (primary N) is 1. The number of aliphatic hydroxyl groups excluding tert-OH is 2. The first-order valence-electron chi connectivity index (χ1n) is 2.88. The number of hydrogen-bond donors (Lipinski definition) is 5. The Bertz CT molecular complexity index is 49.7. The van der Waals surface area contributed by atoms with Crippen molar-refractivity contribution in [2.75, 3.05) is 26.4 Å². The van der Waals surface area contributed by atoms with Crippen LogP contribution in [-0.4, -0.2) is 41.8 Å². The lowest BCUT2D eigenvalue weighted by Crippen LogP contribution is -2.19. The van der Waals surface area contributed by atoms with Crippen molar-refractivity contribution >= 4 is 0 Å². The molecule has 0 aromatic carbocycles. The second kappa shape index (κ2) is 16.4. The van der Waals surface area contributed by atoms with Crippen LogP contribution in [0.2, 0.25) is 0 Å². The first-order valence-corrected chi connectivity index (χ1v) is 2.88. The zero-order valence-electron chi connectivity index (χ0n) is 6.06. The normalized spacial score (nSPS) is 8.73. The van der Waals surface area contributed by atoms with Gasteiger partial charge in [-0.2, -0.15) is 0 Å². The molecule has 0 aliphatic heterocycles. The number of rotatable bonds is 6. The van der Waals surface area contributed by atoms with Crippen molar-refractivity contribution in [1.82, 2.24) is 5.64 Å². The van der Waals surface area contributed by atoms with Gasteiger partial charge in [0.15, 0.2) is 0 Å². The van der Waals surface area contributed by atoms with Crippen molar-refractivity contribution in [3.8, 4) is 0 Å². The van der Waals surface area contributed by atoms with Crippen molar-refractivity contribution in [2.45, 2.75) is 0 Å². The van der Waals surface area contributed by atoms with Crippen LogP contribution in [0.3, 0.4) is 0 Å². The SMILES string of the molecule is NO.OCCONOCCO. The van der Waals surface area contributed by atoms with Gasteiger partial charge in [-0.15, -0.1) is 0 Å². The highest BCUT2D eigenvalue weighted by Crippen LogP contribution is 1.67. The smallest absolute Gasteiger partial charge is 0.0940 e. The predicted octanol–water partition coefficient (Wildman–Crippen LogP) is -2.24. The van der Waals surface area contributed by atoms with E-state index >= 15 is 0 Å². The molecule has 0 radical (unpaired) electrons. The molecule has 0 fully saturated rings. The lowest BCUT2D eigenvalue weighted by Gasteiger charge is -2.01. The molecule has 0 saturated heterocycles. The van der Waals surface area contributed by atoms with Crippen LogP contribution in [0.1, 0.15) is 0 Å². The fourth-order valence-corrected chi connectivity index (χ4v) is 0.216. The lowest BCUT2D eigenvalue weighted by molar-refractivity contribution is -0.178. The van der Waals surface area contributed by atoms with Crippen molar-refractivity contribution in [2.24, 2.45) is 5.90 Å². The third-order valence-corrected chi connectivity index (χ3v) is 0.505. The van der Waals surface area contributed by atoms with Crippen LogP contribution in [0.15, 0.2) is 0 Å². The molecule has 0 amide bonds. The number of aliphatic hydroxyl groups is 2. The molecule has 70 valence electrons. The first kappa shape index (κ1) is 13.3. The van der Waals surface area contributed by atoms with Gasteiger partial charge >= 0.3 is 0 Å². The van der Waals surface area contributed by atoms with Crippen LogP contribution in [0.25, 0.3) is 0 Å². The summed E-state index contributed by atoms with van der Waals surface area (Å²) in [5.74, 6) is 3.50. The summed E-state index contributed by atoms with van der Waals surface area (Å²) in [5.41, 5.74) is 2.07. The average Bonchev–Trinajstić information content (AvgIpc) is 2.08. The van der Waals surface area contributed by atoms with E-state index in [0.717, 1.165) is 0 Å². The van der Waals surface area contributed by atoms with Gasteiger partial charge in [0.1, 0.15) is 0 Å². The summed E-state index contributed by atoms with van der Waals surface area (Å²) >= 11 is 0. The second-order valence-corrected chi connectivity index (χ2v) is 1.23. The van der Waals surface area contributed by atoms with E-state index < -0.39 is 0 Å². The van der Waals surface area contributed by atoms with Gasteiger partial charge in [-0.05, 0) is 0 Å². The largest absolute Gasteiger partial charge is 0.394 e. The Labute approximate surface area is 64.2 Å². The second-order valence-electron chi connectivity index (χ2n) is 1.23. The molecule has 0 atom stereocenters. The molecule has 0 aromatic rings. The van der Waals surface area contributed by atoms with E-state index in [-0.39, 0.29) is 26.4 Å². The Morgan fingerprint density at radius 3 is 1.64 bits per heavy atom. The maximum atomic E-state index is 8.15. The molecule has 0 heterocycles. The van der Waals surface area contributed by atoms with Gasteiger partial charge in [0, 0.05) is 0 Å². The van der Waals surface area contributed by atoms with Crippen molar-refractivity contribution in [1.29, 1.82) is 0 Å². The van der Waals surface area contributed by atoms with E-state index in [1.807, 2.05) is 0 Å². The van der Waals surface area contributed by atoms with Crippen molar-refractivity contribution in [3.63, 3.8) is 0 Å². The van der Waals surface area contributed by atoms with E-state index in [1.54, 1.807) is 0 Å². The Morgan fingerprint density at radius 1 is 1.00 bits per heavy atom. The topological polar surface area (TPSA) is 117 Å². The van der Waals surface area contributed by atoms with Gasteiger partial charge in [-0.25, -0.2) is 5.90 Å². The molecule has 0 spiro atoms. The van der Waals surface area contributed by atoms with Gasteiger partial charge in [-0.3, -0.25) is 9.68 Å². The van der Waals surface area contributed by atoms with E-state index in [9.17, 15) is 0 Å². The first-order chi connectivity index (χ1) is 5.41. The summed E-state index contributed by atoms with van der Waals surface area (Å²) in [7, 11) is 0. The van der Waals surface area contributed by atoms with Crippen LogP contribution in [0.4, 0.5) is 0 Å². The van der Waals surface area contributed by atoms with Crippen LogP contribution in [0.5, 0.6) is 0 Å². The summed E-state index contributed by atoms with van der Waals surface area (Å²) < 4.78 is 0. The number of nitrogens with one attached hydrogen (secondary N) is 1. The molecule has 0 aromatic heterocycles. The summed E-state index contributed by atoms with van der Waals surface area (Å²) in [5, 5.41) is 22.8. The van der Waals surface area contributed by atoms with Crippen LogP contribution in [0, 0.1) is 0 Å². The predicted molar refractivity (Wildman–Crippen MR) is 35.2 cm³/mol. The van der Waals surface area contributed by atoms with Gasteiger partial charge in [0.2, 0.25) is 0 Å². The molecular formula is C4H14N2O5. The third-order valence-electron chi connectivity index (χ3n) is 0.505. The van der Waals surface area contributed by atoms with Crippen LogP contribution in [-0.2, 0) is 9.68 Å². The zero-order chi connectivity index (χ0) is 8.95. The Balaban J connectivity index is 0. The minimum absolute atomic E-state index is 0.0600. The molecule has 0 unspecified atom stereocenters. The maximum Gasteiger partial charge on any atom is 0.0940 e. The Hall–Kier alpha value is -0.280. The summed E-state index contributed by atoms with van der Waals surface area (Å²) in [6.45, 7) is 0.224. The minimum atomic E-state index is -0.0600. The lowest BCUT2D eigenvalue weighted by atomic mass is 10.8. The molecule has 6 N–H and O–H groups in total. The van der Waals surface area contributed by atoms with Gasteiger partial charge in [0.05, 0.1) is 26.4 Å². The van der Waals surface area contributed by atoms with Crippen LogP contribution >= 0.6 is 0 Å². The summed E-state index contributed by atoms with van der Waals surface area (Å²) in [6.07, 6.45) is 0. The quantitative estimate of drug-likeness (QED) is 0.226. The van der Waals surface area contributed by atoms with E-state index in [1.165, 1.54) is 0 Å². The highest BCUT2D eigenvalue weighted by molar-refractivity contribution is 4.16. The Morgan fingerprint density at radius 2 is 1.36 bits per heavy atom. The standard InChI is InChI=1S/C4H11NO4.H3NO/c6-1-3-8-5-9-4-2-7;1-2/h5-7H,1-4H2;2H,1H2. The highest BCUT2D eigenvalue weighted by atomic mass is 16.9. The maximum absolute atomic E-state index is 8.15. The third kappa shape index (κ3) is 17.7. The Kier molecular flexibility index (Phi) is 19.8. The highest BCUT2D eigenvalue weighted by Gasteiger charge is 1.83. The molecule has 0 aliphatic rings. The fraction of sp³-hybridized carbons (Fsp3) is 1.00. The molecule has 7 heteroatoms. The van der Waals surface area contributed by atoms with Crippen molar-refractivity contribution < 1.29 is 25.1 Å². The van der Waals surface area contributed by atoms with Crippen molar-refractivity contribution in [3.05, 3.63) is 0 Å². The summed E-state index contributed by atoms with van der Waals surface area (Å²) in [6, 6.07) is 0. The van der Waals surface area contributed by atoms with E-state index in [4.69, 9.17) is 15.4 Å². The average molecular weight is 170 g/mol. The van der Waals surface area contributed by atoms with E-state index in [0.29, 0.717) is 0 Å². The monoisotopic (exact) mass is 170 g/mol.